The highest BCUT2D eigenvalue weighted by molar-refractivity contribution is 7.13. The number of hydrogen-bond acceptors (Lipinski definition) is 4. The third kappa shape index (κ3) is 3.40. The third-order valence-electron chi connectivity index (χ3n) is 2.85. The first-order valence-electron chi connectivity index (χ1n) is 6.12. The van der Waals surface area contributed by atoms with Gasteiger partial charge in [0.2, 0.25) is 0 Å². The van der Waals surface area contributed by atoms with E-state index in [2.05, 4.69) is 10.3 Å². The van der Waals surface area contributed by atoms with E-state index in [-0.39, 0.29) is 0 Å². The molecule has 0 saturated carbocycles. The maximum Gasteiger partial charge on any atom is 0.330 e. The second-order valence-electron chi connectivity index (χ2n) is 4.41. The summed E-state index contributed by atoms with van der Waals surface area (Å²) in [6.45, 7) is 3.50. The number of carbonyl (C=O) groups excluding carboxylic acids is 1. The van der Waals surface area contributed by atoms with Crippen molar-refractivity contribution in [2.75, 3.05) is 0 Å². The number of rotatable bonds is 4. The number of aliphatic carboxylic acids is 1. The van der Waals surface area contributed by atoms with Crippen molar-refractivity contribution in [1.29, 1.82) is 0 Å². The number of nitrogens with one attached hydrogen (secondary N) is 1. The number of carbonyl (C=O) groups is 2. The van der Waals surface area contributed by atoms with E-state index >= 15 is 0 Å². The summed E-state index contributed by atoms with van der Waals surface area (Å²) in [6.07, 6.45) is 0. The summed E-state index contributed by atoms with van der Waals surface area (Å²) in [6, 6.07) is 5.33. The lowest BCUT2D eigenvalue weighted by Gasteiger charge is -2.15. The second-order valence-corrected chi connectivity index (χ2v) is 6.02. The molecule has 1 heterocycles. The molecule has 0 aliphatic rings. The average molecular weight is 325 g/mol. The minimum absolute atomic E-state index is 0.294. The molecule has 2 aromatic rings. The summed E-state index contributed by atoms with van der Waals surface area (Å²) in [5, 5.41) is 12.9. The van der Waals surface area contributed by atoms with E-state index in [9.17, 15) is 14.7 Å². The van der Waals surface area contributed by atoms with Crippen LogP contribution in [0, 0.1) is 13.8 Å². The van der Waals surface area contributed by atoms with E-state index in [1.54, 1.807) is 38.1 Å². The molecule has 0 aliphatic carbocycles. The first-order chi connectivity index (χ1) is 9.90. The fraction of sp³-hybridized carbons (Fsp3) is 0.214. The molecule has 0 unspecified atom stereocenters. The van der Waals surface area contributed by atoms with Gasteiger partial charge in [-0.3, -0.25) is 4.79 Å². The van der Waals surface area contributed by atoms with Crippen molar-refractivity contribution in [2.45, 2.75) is 19.9 Å². The van der Waals surface area contributed by atoms with Gasteiger partial charge in [0.05, 0.1) is 10.7 Å². The molecule has 7 heteroatoms. The van der Waals surface area contributed by atoms with Gasteiger partial charge in [0.1, 0.15) is 4.88 Å². The van der Waals surface area contributed by atoms with Crippen LogP contribution in [0.1, 0.15) is 32.0 Å². The fourth-order valence-electron chi connectivity index (χ4n) is 1.92. The van der Waals surface area contributed by atoms with Gasteiger partial charge >= 0.3 is 5.97 Å². The number of thiazole rings is 1. The highest BCUT2D eigenvalue weighted by Crippen LogP contribution is 2.24. The Morgan fingerprint density at radius 1 is 1.33 bits per heavy atom. The van der Waals surface area contributed by atoms with Gasteiger partial charge in [-0.25, -0.2) is 9.78 Å². The van der Waals surface area contributed by atoms with E-state index in [4.69, 9.17) is 11.6 Å². The fourth-order valence-corrected chi connectivity index (χ4v) is 2.99. The maximum absolute atomic E-state index is 12.2. The zero-order valence-corrected chi connectivity index (χ0v) is 13.0. The van der Waals surface area contributed by atoms with Gasteiger partial charge in [-0.15, -0.1) is 11.3 Å². The average Bonchev–Trinajstić information content (AvgIpc) is 2.75. The van der Waals surface area contributed by atoms with Crippen molar-refractivity contribution < 1.29 is 14.7 Å². The highest BCUT2D eigenvalue weighted by Gasteiger charge is 2.26. The number of hydrogen-bond donors (Lipinski definition) is 2. The van der Waals surface area contributed by atoms with Crippen molar-refractivity contribution in [3.8, 4) is 0 Å². The molecule has 21 heavy (non-hydrogen) atoms. The molecule has 5 nitrogen and oxygen atoms in total. The van der Waals surface area contributed by atoms with E-state index in [0.29, 0.717) is 21.2 Å². The number of nitrogens with zero attached hydrogens (tertiary/aromatic N) is 1. The number of carboxylic acid groups (broad SMARTS) is 1. The van der Waals surface area contributed by atoms with Crippen molar-refractivity contribution in [1.82, 2.24) is 10.3 Å². The van der Waals surface area contributed by atoms with Gasteiger partial charge in [0, 0.05) is 10.6 Å². The van der Waals surface area contributed by atoms with E-state index < -0.39 is 17.9 Å². The Hall–Kier alpha value is -1.92. The Balaban J connectivity index is 2.29. The molecule has 1 atom stereocenters. The Kier molecular flexibility index (Phi) is 4.59. The van der Waals surface area contributed by atoms with Crippen LogP contribution >= 0.6 is 22.9 Å². The molecule has 2 N–H and O–H groups in total. The summed E-state index contributed by atoms with van der Waals surface area (Å²) in [4.78, 5) is 28.2. The molecule has 2 rings (SSSR count). The molecule has 1 aromatic heterocycles. The van der Waals surface area contributed by atoms with Crippen molar-refractivity contribution in [3.63, 3.8) is 0 Å². The number of amides is 1. The molecule has 110 valence electrons. The summed E-state index contributed by atoms with van der Waals surface area (Å²) in [7, 11) is 0. The molecular weight excluding hydrogens is 312 g/mol. The molecule has 0 spiro atoms. The summed E-state index contributed by atoms with van der Waals surface area (Å²) < 4.78 is 0. The SMILES string of the molecule is Cc1nc(C)c(C(=O)N[C@@H](C(=O)O)c2ccccc2Cl)s1. The zero-order valence-electron chi connectivity index (χ0n) is 11.4. The molecule has 0 bridgehead atoms. The number of aryl methyl sites for hydroxylation is 2. The van der Waals surface area contributed by atoms with Gasteiger partial charge in [-0.1, -0.05) is 29.8 Å². The van der Waals surface area contributed by atoms with Crippen LogP contribution in [0.15, 0.2) is 24.3 Å². The first-order valence-corrected chi connectivity index (χ1v) is 7.31. The monoisotopic (exact) mass is 324 g/mol. The Bertz CT molecular complexity index is 699. The summed E-state index contributed by atoms with van der Waals surface area (Å²) in [5.74, 6) is -1.64. The smallest absolute Gasteiger partial charge is 0.330 e. The van der Waals surface area contributed by atoms with Crippen LogP contribution in [0.25, 0.3) is 0 Å². The predicted molar refractivity (Wildman–Crippen MR) is 80.9 cm³/mol. The first kappa shape index (κ1) is 15.5. The summed E-state index contributed by atoms with van der Waals surface area (Å²) in [5.41, 5.74) is 0.928. The van der Waals surface area contributed by atoms with E-state index in [1.165, 1.54) is 11.3 Å². The number of halogens is 1. The molecular formula is C14H13ClN2O3S. The normalized spacial score (nSPS) is 12.0. The van der Waals surface area contributed by atoms with Gasteiger partial charge in [-0.2, -0.15) is 0 Å². The molecule has 1 amide bonds. The lowest BCUT2D eigenvalue weighted by Crippen LogP contribution is -2.33. The highest BCUT2D eigenvalue weighted by atomic mass is 35.5. The van der Waals surface area contributed by atoms with Crippen molar-refractivity contribution in [2.24, 2.45) is 0 Å². The minimum atomic E-state index is -1.20. The van der Waals surface area contributed by atoms with Crippen LogP contribution in [0.4, 0.5) is 0 Å². The van der Waals surface area contributed by atoms with Gasteiger partial charge in [-0.05, 0) is 19.9 Å². The molecule has 0 radical (unpaired) electrons. The summed E-state index contributed by atoms with van der Waals surface area (Å²) >= 11 is 7.23. The lowest BCUT2D eigenvalue weighted by atomic mass is 10.1. The van der Waals surface area contributed by atoms with Crippen LogP contribution < -0.4 is 5.32 Å². The standard InChI is InChI=1S/C14H13ClN2O3S/c1-7-12(21-8(2)16-7)13(18)17-11(14(19)20)9-5-3-4-6-10(9)15/h3-6,11H,1-2H3,(H,17,18)(H,19,20)/t11-/m1/s1. The van der Waals surface area contributed by atoms with Crippen LogP contribution in [0.3, 0.4) is 0 Å². The van der Waals surface area contributed by atoms with Crippen LogP contribution in [0.5, 0.6) is 0 Å². The lowest BCUT2D eigenvalue weighted by molar-refractivity contribution is -0.139. The van der Waals surface area contributed by atoms with E-state index in [1.807, 2.05) is 0 Å². The van der Waals surface area contributed by atoms with Gasteiger partial charge in [0.25, 0.3) is 5.91 Å². The van der Waals surface area contributed by atoms with Gasteiger partial charge in [0.15, 0.2) is 6.04 Å². The zero-order chi connectivity index (χ0) is 15.6. The largest absolute Gasteiger partial charge is 0.479 e. The predicted octanol–water partition coefficient (Wildman–Crippen LogP) is 2.97. The number of aromatic nitrogens is 1. The Morgan fingerprint density at radius 2 is 2.00 bits per heavy atom. The van der Waals surface area contributed by atoms with Crippen molar-refractivity contribution >= 4 is 34.8 Å². The third-order valence-corrected chi connectivity index (χ3v) is 4.26. The minimum Gasteiger partial charge on any atom is -0.479 e. The molecule has 0 aliphatic heterocycles. The maximum atomic E-state index is 12.2. The van der Waals surface area contributed by atoms with Crippen LogP contribution in [-0.4, -0.2) is 22.0 Å². The van der Waals surface area contributed by atoms with Crippen molar-refractivity contribution in [3.05, 3.63) is 50.4 Å². The van der Waals surface area contributed by atoms with Gasteiger partial charge < -0.3 is 10.4 Å². The molecule has 0 saturated heterocycles. The van der Waals surface area contributed by atoms with E-state index in [0.717, 1.165) is 5.01 Å². The second kappa shape index (κ2) is 6.24. The number of benzene rings is 1. The van der Waals surface area contributed by atoms with Crippen LogP contribution in [-0.2, 0) is 4.79 Å². The topological polar surface area (TPSA) is 79.3 Å². The van der Waals surface area contributed by atoms with Crippen LogP contribution in [0.2, 0.25) is 5.02 Å². The molecule has 0 fully saturated rings. The quantitative estimate of drug-likeness (QED) is 0.906. The Labute approximate surface area is 130 Å². The number of carboxylic acids is 1. The Morgan fingerprint density at radius 3 is 2.52 bits per heavy atom. The molecule has 1 aromatic carbocycles.